The van der Waals surface area contributed by atoms with E-state index in [-0.39, 0.29) is 11.5 Å². The van der Waals surface area contributed by atoms with Gasteiger partial charge in [0.2, 0.25) is 0 Å². The number of esters is 1. The normalized spacial score (nSPS) is 20.7. The highest BCUT2D eigenvalue weighted by Crippen LogP contribution is 2.21. The summed E-state index contributed by atoms with van der Waals surface area (Å²) in [7, 11) is -3.07. The molecule has 1 aromatic rings. The highest BCUT2D eigenvalue weighted by Gasteiger charge is 2.31. The van der Waals surface area contributed by atoms with Crippen LogP contribution >= 0.6 is 11.8 Å². The van der Waals surface area contributed by atoms with E-state index < -0.39 is 33.9 Å². The zero-order valence-corrected chi connectivity index (χ0v) is 14.6. The van der Waals surface area contributed by atoms with E-state index in [1.807, 2.05) is 12.3 Å². The number of ether oxygens (including phenoxy) is 1. The third kappa shape index (κ3) is 4.71. The number of carbonyl (C=O) groups excluding carboxylic acids is 2. The number of rotatable bonds is 5. The molecule has 0 bridgehead atoms. The first-order valence-corrected chi connectivity index (χ1v) is 10.2. The van der Waals surface area contributed by atoms with Gasteiger partial charge in [0.05, 0.1) is 17.1 Å². The van der Waals surface area contributed by atoms with Crippen LogP contribution in [-0.4, -0.2) is 50.2 Å². The Labute approximate surface area is 139 Å². The van der Waals surface area contributed by atoms with Gasteiger partial charge in [-0.3, -0.25) is 4.79 Å². The van der Waals surface area contributed by atoms with Crippen LogP contribution in [-0.2, 0) is 19.4 Å². The van der Waals surface area contributed by atoms with Gasteiger partial charge in [-0.2, -0.15) is 0 Å². The number of nitrogens with one attached hydrogen (secondary N) is 1. The fourth-order valence-electron chi connectivity index (χ4n) is 2.32. The predicted molar refractivity (Wildman–Crippen MR) is 88.3 cm³/mol. The van der Waals surface area contributed by atoms with E-state index in [0.717, 1.165) is 4.90 Å². The summed E-state index contributed by atoms with van der Waals surface area (Å²) >= 11 is 1.42. The van der Waals surface area contributed by atoms with Gasteiger partial charge in [-0.1, -0.05) is 12.1 Å². The van der Waals surface area contributed by atoms with Crippen molar-refractivity contribution in [1.82, 2.24) is 5.32 Å². The van der Waals surface area contributed by atoms with E-state index in [1.54, 1.807) is 18.2 Å². The van der Waals surface area contributed by atoms with Crippen molar-refractivity contribution in [1.29, 1.82) is 0 Å². The summed E-state index contributed by atoms with van der Waals surface area (Å²) in [5.41, 5.74) is 0.406. The number of amides is 1. The first-order chi connectivity index (χ1) is 10.8. The zero-order chi connectivity index (χ0) is 17.0. The molecule has 1 amide bonds. The van der Waals surface area contributed by atoms with E-state index in [0.29, 0.717) is 12.0 Å². The maximum Gasteiger partial charge on any atom is 0.340 e. The lowest BCUT2D eigenvalue weighted by atomic mass is 10.2. The minimum atomic E-state index is -3.07. The van der Waals surface area contributed by atoms with Gasteiger partial charge in [0.25, 0.3) is 5.91 Å². The second-order valence-corrected chi connectivity index (χ2v) is 8.43. The van der Waals surface area contributed by atoms with Crippen LogP contribution in [0, 0.1) is 0 Å². The summed E-state index contributed by atoms with van der Waals surface area (Å²) in [5.74, 6) is -1.04. The Morgan fingerprint density at radius 2 is 2.04 bits per heavy atom. The molecule has 0 radical (unpaired) electrons. The lowest BCUT2D eigenvalue weighted by Crippen LogP contribution is -2.42. The Bertz CT molecular complexity index is 702. The lowest BCUT2D eigenvalue weighted by molar-refractivity contribution is -0.129. The Morgan fingerprint density at radius 3 is 2.65 bits per heavy atom. The van der Waals surface area contributed by atoms with E-state index in [4.69, 9.17) is 4.74 Å². The Hall–Kier alpha value is -1.54. The Morgan fingerprint density at radius 1 is 1.35 bits per heavy atom. The zero-order valence-electron chi connectivity index (χ0n) is 12.9. The third-order valence-corrected chi connectivity index (χ3v) is 6.12. The average molecular weight is 357 g/mol. The molecule has 23 heavy (non-hydrogen) atoms. The topological polar surface area (TPSA) is 89.5 Å². The maximum absolute atomic E-state index is 12.2. The molecule has 1 aliphatic rings. The summed E-state index contributed by atoms with van der Waals surface area (Å²) in [5, 5.41) is 2.62. The average Bonchev–Trinajstić information content (AvgIpc) is 2.85. The molecular formula is C15H19NO5S2. The Balaban J connectivity index is 1.94. The second-order valence-electron chi connectivity index (χ2n) is 5.36. The van der Waals surface area contributed by atoms with E-state index in [1.165, 1.54) is 18.7 Å². The molecule has 1 heterocycles. The molecule has 2 atom stereocenters. The quantitative estimate of drug-likeness (QED) is 0.630. The van der Waals surface area contributed by atoms with Crippen LogP contribution in [0.3, 0.4) is 0 Å². The first kappa shape index (κ1) is 17.8. The number of carbonyl (C=O) groups is 2. The van der Waals surface area contributed by atoms with Crippen LogP contribution in [0.2, 0.25) is 0 Å². The lowest BCUT2D eigenvalue weighted by Gasteiger charge is -2.17. The minimum absolute atomic E-state index is 0.0608. The van der Waals surface area contributed by atoms with Gasteiger partial charge in [0, 0.05) is 10.9 Å². The molecule has 0 spiro atoms. The summed E-state index contributed by atoms with van der Waals surface area (Å²) in [6, 6.07) is 6.58. The fraction of sp³-hybridized carbons (Fsp3) is 0.467. The molecule has 1 aliphatic heterocycles. The fourth-order valence-corrected chi connectivity index (χ4v) is 4.58. The predicted octanol–water partition coefficient (Wildman–Crippen LogP) is 1.26. The van der Waals surface area contributed by atoms with Crippen molar-refractivity contribution in [3.05, 3.63) is 29.8 Å². The third-order valence-electron chi connectivity index (χ3n) is 3.56. The summed E-state index contributed by atoms with van der Waals surface area (Å²) in [6.45, 7) is 1.47. The summed E-state index contributed by atoms with van der Waals surface area (Å²) in [4.78, 5) is 25.0. The Kier molecular flexibility index (Phi) is 5.69. The van der Waals surface area contributed by atoms with Crippen molar-refractivity contribution in [2.24, 2.45) is 0 Å². The SMILES string of the molecule is CSc1ccccc1C(=O)O[C@H](C)C(=O)N[C@@H]1CCS(=O)(=O)C1. The van der Waals surface area contributed by atoms with Crippen LogP contribution in [0.1, 0.15) is 23.7 Å². The van der Waals surface area contributed by atoms with E-state index >= 15 is 0 Å². The van der Waals surface area contributed by atoms with Gasteiger partial charge < -0.3 is 10.1 Å². The van der Waals surface area contributed by atoms with Crippen molar-refractivity contribution >= 4 is 33.5 Å². The molecule has 0 unspecified atom stereocenters. The van der Waals surface area contributed by atoms with E-state index in [9.17, 15) is 18.0 Å². The number of hydrogen-bond acceptors (Lipinski definition) is 6. The molecule has 1 fully saturated rings. The molecular weight excluding hydrogens is 338 g/mol. The number of benzene rings is 1. The smallest absolute Gasteiger partial charge is 0.340 e. The minimum Gasteiger partial charge on any atom is -0.449 e. The highest BCUT2D eigenvalue weighted by molar-refractivity contribution is 7.98. The molecule has 126 valence electrons. The number of thioether (sulfide) groups is 1. The van der Waals surface area contributed by atoms with Crippen molar-refractivity contribution in [3.63, 3.8) is 0 Å². The molecule has 1 N–H and O–H groups in total. The molecule has 1 aromatic carbocycles. The molecule has 6 nitrogen and oxygen atoms in total. The molecule has 8 heteroatoms. The standard InChI is InChI=1S/C15H19NO5S2/c1-10(14(17)16-11-7-8-23(19,20)9-11)21-15(18)12-5-3-4-6-13(12)22-2/h3-6,10-11H,7-9H2,1-2H3,(H,16,17)/t10-,11-/m1/s1. The van der Waals surface area contributed by atoms with Crippen LogP contribution in [0.4, 0.5) is 0 Å². The van der Waals surface area contributed by atoms with Crippen LogP contribution in [0.25, 0.3) is 0 Å². The molecule has 1 saturated heterocycles. The van der Waals surface area contributed by atoms with Crippen molar-refractivity contribution in [3.8, 4) is 0 Å². The maximum atomic E-state index is 12.2. The molecule has 0 aliphatic carbocycles. The number of sulfone groups is 1. The van der Waals surface area contributed by atoms with Crippen molar-refractivity contribution in [2.75, 3.05) is 17.8 Å². The van der Waals surface area contributed by atoms with Gasteiger partial charge in [-0.15, -0.1) is 11.8 Å². The van der Waals surface area contributed by atoms with Gasteiger partial charge in [0.15, 0.2) is 15.9 Å². The number of hydrogen-bond donors (Lipinski definition) is 1. The molecule has 0 aromatic heterocycles. The van der Waals surface area contributed by atoms with Gasteiger partial charge >= 0.3 is 5.97 Å². The molecule has 0 saturated carbocycles. The second kappa shape index (κ2) is 7.35. The highest BCUT2D eigenvalue weighted by atomic mass is 32.2. The largest absolute Gasteiger partial charge is 0.449 e. The summed E-state index contributed by atoms with van der Waals surface area (Å²) in [6.07, 6.45) is 1.26. The molecule has 2 rings (SSSR count). The van der Waals surface area contributed by atoms with E-state index in [2.05, 4.69) is 5.32 Å². The first-order valence-electron chi connectivity index (χ1n) is 7.17. The van der Waals surface area contributed by atoms with Gasteiger partial charge in [-0.25, -0.2) is 13.2 Å². The van der Waals surface area contributed by atoms with Crippen molar-refractivity contribution in [2.45, 2.75) is 30.4 Å². The summed E-state index contributed by atoms with van der Waals surface area (Å²) < 4.78 is 28.0. The van der Waals surface area contributed by atoms with Crippen molar-refractivity contribution < 1.29 is 22.7 Å². The van der Waals surface area contributed by atoms with Crippen LogP contribution in [0.5, 0.6) is 0 Å². The monoisotopic (exact) mass is 357 g/mol. The van der Waals surface area contributed by atoms with Crippen LogP contribution in [0.15, 0.2) is 29.2 Å². The van der Waals surface area contributed by atoms with Gasteiger partial charge in [0.1, 0.15) is 0 Å². The van der Waals surface area contributed by atoms with Crippen LogP contribution < -0.4 is 5.32 Å². The van der Waals surface area contributed by atoms with Gasteiger partial charge in [-0.05, 0) is 31.7 Å².